The number of nitrogens with zero attached hydrogens (tertiary/aromatic N) is 1. The SMILES string of the molecule is C=C(NCCC)C(=C/C)/N=C(C)/C(C=N)=C/N. The average molecular weight is 234 g/mol. The first-order valence-corrected chi connectivity index (χ1v) is 5.68. The van der Waals surface area contributed by atoms with Gasteiger partial charge in [0.2, 0.25) is 0 Å². The fraction of sp³-hybridized carbons (Fsp3) is 0.385. The van der Waals surface area contributed by atoms with E-state index in [1.165, 1.54) is 12.4 Å². The molecule has 0 heterocycles. The third kappa shape index (κ3) is 5.15. The Morgan fingerprint density at radius 1 is 1.53 bits per heavy atom. The number of nitrogens with one attached hydrogen (secondary N) is 2. The fourth-order valence-corrected chi connectivity index (χ4v) is 1.19. The molecule has 4 nitrogen and oxygen atoms in total. The number of hydrogen-bond donors (Lipinski definition) is 3. The second-order valence-electron chi connectivity index (χ2n) is 3.54. The minimum absolute atomic E-state index is 0.604. The Labute approximate surface area is 104 Å². The van der Waals surface area contributed by atoms with Crippen LogP contribution < -0.4 is 11.1 Å². The van der Waals surface area contributed by atoms with Crippen molar-refractivity contribution in [3.8, 4) is 0 Å². The average Bonchev–Trinajstić information content (AvgIpc) is 2.34. The van der Waals surface area contributed by atoms with Crippen LogP contribution in [0.1, 0.15) is 27.2 Å². The molecule has 0 unspecified atom stereocenters. The fourth-order valence-electron chi connectivity index (χ4n) is 1.19. The molecule has 0 saturated carbocycles. The largest absolute Gasteiger partial charge is 0.404 e. The van der Waals surface area contributed by atoms with Crippen molar-refractivity contribution in [2.75, 3.05) is 6.54 Å². The van der Waals surface area contributed by atoms with Crippen molar-refractivity contribution in [2.24, 2.45) is 10.7 Å². The summed E-state index contributed by atoms with van der Waals surface area (Å²) in [6, 6.07) is 0. The van der Waals surface area contributed by atoms with E-state index in [1.54, 1.807) is 0 Å². The van der Waals surface area contributed by atoms with Gasteiger partial charge in [-0.25, -0.2) is 0 Å². The van der Waals surface area contributed by atoms with E-state index < -0.39 is 0 Å². The molecule has 94 valence electrons. The minimum Gasteiger partial charge on any atom is -0.404 e. The van der Waals surface area contributed by atoms with E-state index >= 15 is 0 Å². The second kappa shape index (κ2) is 8.33. The molecule has 0 rings (SSSR count). The molecule has 0 aliphatic heterocycles. The van der Waals surface area contributed by atoms with E-state index in [0.29, 0.717) is 11.3 Å². The molecule has 0 aromatic heterocycles. The van der Waals surface area contributed by atoms with Crippen molar-refractivity contribution in [1.29, 1.82) is 5.41 Å². The van der Waals surface area contributed by atoms with Gasteiger partial charge >= 0.3 is 0 Å². The van der Waals surface area contributed by atoms with Gasteiger partial charge in [0, 0.05) is 30.2 Å². The van der Waals surface area contributed by atoms with Crippen LogP contribution in [-0.2, 0) is 0 Å². The Balaban J connectivity index is 4.87. The highest BCUT2D eigenvalue weighted by Gasteiger charge is 2.02. The maximum Gasteiger partial charge on any atom is 0.0815 e. The Morgan fingerprint density at radius 2 is 2.18 bits per heavy atom. The van der Waals surface area contributed by atoms with Crippen LogP contribution in [0.2, 0.25) is 0 Å². The van der Waals surface area contributed by atoms with Crippen molar-refractivity contribution in [3.63, 3.8) is 0 Å². The van der Waals surface area contributed by atoms with E-state index in [2.05, 4.69) is 23.8 Å². The Hall–Kier alpha value is -1.84. The first-order chi connectivity index (χ1) is 8.10. The summed E-state index contributed by atoms with van der Waals surface area (Å²) in [4.78, 5) is 4.41. The Bertz CT molecular complexity index is 362. The zero-order valence-electron chi connectivity index (χ0n) is 10.9. The molecule has 0 saturated heterocycles. The van der Waals surface area contributed by atoms with Gasteiger partial charge in [-0.3, -0.25) is 4.99 Å². The Morgan fingerprint density at radius 3 is 2.59 bits per heavy atom. The molecule has 4 heteroatoms. The zero-order chi connectivity index (χ0) is 13.3. The molecule has 4 N–H and O–H groups in total. The molecule has 0 radical (unpaired) electrons. The van der Waals surface area contributed by atoms with Crippen LogP contribution in [-0.4, -0.2) is 18.5 Å². The molecule has 17 heavy (non-hydrogen) atoms. The maximum atomic E-state index is 7.20. The van der Waals surface area contributed by atoms with Crippen LogP contribution in [0, 0.1) is 5.41 Å². The third-order valence-corrected chi connectivity index (χ3v) is 2.21. The lowest BCUT2D eigenvalue weighted by molar-refractivity contribution is 0.775. The summed E-state index contributed by atoms with van der Waals surface area (Å²) in [6.07, 6.45) is 5.48. The van der Waals surface area contributed by atoms with Gasteiger partial charge in [-0.2, -0.15) is 0 Å². The molecule has 0 aliphatic rings. The van der Waals surface area contributed by atoms with Crippen LogP contribution in [0.5, 0.6) is 0 Å². The highest BCUT2D eigenvalue weighted by atomic mass is 14.9. The first-order valence-electron chi connectivity index (χ1n) is 5.68. The zero-order valence-corrected chi connectivity index (χ0v) is 10.9. The van der Waals surface area contributed by atoms with Crippen molar-refractivity contribution in [3.05, 3.63) is 35.8 Å². The van der Waals surface area contributed by atoms with Crippen LogP contribution in [0.4, 0.5) is 0 Å². The van der Waals surface area contributed by atoms with Crippen molar-refractivity contribution < 1.29 is 0 Å². The number of rotatable bonds is 7. The number of nitrogens with two attached hydrogens (primary N) is 1. The summed E-state index contributed by atoms with van der Waals surface area (Å²) in [7, 11) is 0. The molecule has 0 bridgehead atoms. The first kappa shape index (κ1) is 15.2. The van der Waals surface area contributed by atoms with Crippen LogP contribution in [0.25, 0.3) is 0 Å². The van der Waals surface area contributed by atoms with Gasteiger partial charge in [0.1, 0.15) is 0 Å². The lowest BCUT2D eigenvalue weighted by Gasteiger charge is -2.10. The van der Waals surface area contributed by atoms with Gasteiger partial charge in [0.15, 0.2) is 0 Å². The van der Waals surface area contributed by atoms with E-state index in [-0.39, 0.29) is 0 Å². The molecule has 0 aromatic carbocycles. The molecule has 0 atom stereocenters. The topological polar surface area (TPSA) is 74.3 Å². The van der Waals surface area contributed by atoms with Gasteiger partial charge in [0.25, 0.3) is 0 Å². The van der Waals surface area contributed by atoms with E-state index in [1.807, 2.05) is 19.9 Å². The minimum atomic E-state index is 0.604. The van der Waals surface area contributed by atoms with Gasteiger partial charge in [-0.1, -0.05) is 19.6 Å². The Kier molecular flexibility index (Phi) is 7.43. The molecule has 0 fully saturated rings. The highest BCUT2D eigenvalue weighted by molar-refractivity contribution is 6.14. The predicted octanol–water partition coefficient (Wildman–Crippen LogP) is 2.36. The predicted molar refractivity (Wildman–Crippen MR) is 75.4 cm³/mol. The lowest BCUT2D eigenvalue weighted by atomic mass is 10.2. The molecular weight excluding hydrogens is 212 g/mol. The molecular formula is C13H22N4. The number of allylic oxidation sites excluding steroid dienone is 2. The van der Waals surface area contributed by atoms with Gasteiger partial charge in [0.05, 0.1) is 11.4 Å². The number of aliphatic imine (C=N–C) groups is 1. The van der Waals surface area contributed by atoms with Crippen molar-refractivity contribution >= 4 is 11.9 Å². The van der Waals surface area contributed by atoms with Crippen molar-refractivity contribution in [2.45, 2.75) is 27.2 Å². The second-order valence-corrected chi connectivity index (χ2v) is 3.54. The van der Waals surface area contributed by atoms with Crippen LogP contribution in [0.15, 0.2) is 40.8 Å². The van der Waals surface area contributed by atoms with Gasteiger partial charge < -0.3 is 16.5 Å². The molecule has 0 amide bonds. The van der Waals surface area contributed by atoms with Crippen molar-refractivity contribution in [1.82, 2.24) is 5.32 Å². The monoisotopic (exact) mass is 234 g/mol. The van der Waals surface area contributed by atoms with Crippen LogP contribution >= 0.6 is 0 Å². The highest BCUT2D eigenvalue weighted by Crippen LogP contribution is 2.09. The standard InChI is InChI=1S/C13H22N4/c1-5-7-16-11(4)13(6-2)17-10(3)12(8-14)9-15/h6,8-9,14,16H,4-5,7,15H2,1-3H3/b12-9+,13-6-,14-8?,17-10+. The molecule has 0 aliphatic carbocycles. The maximum absolute atomic E-state index is 7.20. The summed E-state index contributed by atoms with van der Waals surface area (Å²) in [5, 5.41) is 10.4. The number of hydrogen-bond acceptors (Lipinski definition) is 4. The normalized spacial score (nSPS) is 13.5. The summed E-state index contributed by atoms with van der Waals surface area (Å²) in [5.74, 6) is 0. The van der Waals surface area contributed by atoms with E-state index in [4.69, 9.17) is 11.1 Å². The summed E-state index contributed by atoms with van der Waals surface area (Å²) < 4.78 is 0. The molecule has 0 spiro atoms. The van der Waals surface area contributed by atoms with E-state index in [0.717, 1.165) is 24.4 Å². The lowest BCUT2D eigenvalue weighted by Crippen LogP contribution is -2.15. The summed E-state index contributed by atoms with van der Waals surface area (Å²) in [6.45, 7) is 10.6. The smallest absolute Gasteiger partial charge is 0.0815 e. The van der Waals surface area contributed by atoms with Gasteiger partial charge in [-0.05, 0) is 20.3 Å². The summed E-state index contributed by atoms with van der Waals surface area (Å²) in [5.41, 5.74) is 8.28. The van der Waals surface area contributed by atoms with Crippen LogP contribution in [0.3, 0.4) is 0 Å². The van der Waals surface area contributed by atoms with E-state index in [9.17, 15) is 0 Å². The molecule has 0 aromatic rings. The quantitative estimate of drug-likeness (QED) is 0.467. The van der Waals surface area contributed by atoms with Gasteiger partial charge in [-0.15, -0.1) is 0 Å². The third-order valence-electron chi connectivity index (χ3n) is 2.21. The summed E-state index contributed by atoms with van der Waals surface area (Å²) >= 11 is 0.